The summed E-state index contributed by atoms with van der Waals surface area (Å²) in [5, 5.41) is 19.2. The van der Waals surface area contributed by atoms with E-state index in [9.17, 15) is 0 Å². The first-order valence-corrected chi connectivity index (χ1v) is 23.0. The summed E-state index contributed by atoms with van der Waals surface area (Å²) in [4.78, 5) is 8.21. The first-order chi connectivity index (χ1) is 28.3. The fourth-order valence-electron chi connectivity index (χ4n) is 8.08. The zero-order valence-electron chi connectivity index (χ0n) is 34.6. The van der Waals surface area contributed by atoms with Crippen molar-refractivity contribution < 1.29 is 14.8 Å². The van der Waals surface area contributed by atoms with Gasteiger partial charge in [-0.2, -0.15) is 0 Å². The van der Waals surface area contributed by atoms with Gasteiger partial charge in [-0.1, -0.05) is 149 Å². The molecule has 5 nitrogen and oxygen atoms in total. The Balaban J connectivity index is 0.000000175. The molecule has 8 heteroatoms. The molecule has 0 saturated heterocycles. The third-order valence-electron chi connectivity index (χ3n) is 11.0. The fraction of sp³-hybridized carbons (Fsp3) is 0.320. The van der Waals surface area contributed by atoms with Crippen LogP contribution in [0.3, 0.4) is 0 Å². The predicted octanol–water partition coefficient (Wildman–Crippen LogP) is 12.0. The number of aryl methyl sites for hydroxylation is 3. The van der Waals surface area contributed by atoms with E-state index in [-0.39, 0.29) is 7.92 Å². The summed E-state index contributed by atoms with van der Waals surface area (Å²) in [5.74, 6) is 1.02. The van der Waals surface area contributed by atoms with Gasteiger partial charge in [0.25, 0.3) is 0 Å². The minimum atomic E-state index is -1.35. The van der Waals surface area contributed by atoms with Crippen LogP contribution in [0.4, 0.5) is 0 Å². The van der Waals surface area contributed by atoms with E-state index < -0.39 is 7.12 Å². The van der Waals surface area contributed by atoms with Gasteiger partial charge >= 0.3 is 7.12 Å². The molecule has 2 saturated carbocycles. The van der Waals surface area contributed by atoms with E-state index in [1.165, 1.54) is 92.0 Å². The second-order valence-corrected chi connectivity index (χ2v) is 18.6. The van der Waals surface area contributed by atoms with Crippen molar-refractivity contribution in [3.8, 4) is 28.1 Å². The maximum atomic E-state index is 8.76. The van der Waals surface area contributed by atoms with Gasteiger partial charge in [0.1, 0.15) is 10.4 Å². The summed E-state index contributed by atoms with van der Waals surface area (Å²) in [6, 6.07) is 42.9. The summed E-state index contributed by atoms with van der Waals surface area (Å²) in [6.45, 7) is 6.18. The Bertz CT molecular complexity index is 2070. The van der Waals surface area contributed by atoms with Gasteiger partial charge in [-0.15, -0.1) is 0 Å². The van der Waals surface area contributed by atoms with Crippen molar-refractivity contribution in [2.45, 2.75) is 96.3 Å². The Morgan fingerprint density at radius 3 is 1.60 bits per heavy atom. The second kappa shape index (κ2) is 24.1. The van der Waals surface area contributed by atoms with E-state index in [1.54, 1.807) is 23.6 Å². The van der Waals surface area contributed by atoms with E-state index in [4.69, 9.17) is 14.8 Å². The average Bonchev–Trinajstić information content (AvgIpc) is 3.26. The molecule has 0 atom stereocenters. The normalized spacial score (nSPS) is 14.1. The van der Waals surface area contributed by atoms with Crippen LogP contribution in [0.15, 0.2) is 144 Å². The Morgan fingerprint density at radius 1 is 0.569 bits per heavy atom. The van der Waals surface area contributed by atoms with Gasteiger partial charge in [-0.3, -0.25) is 4.98 Å². The summed E-state index contributed by atoms with van der Waals surface area (Å²) in [6.07, 6.45) is 18.0. The molecule has 0 spiro atoms. The molecule has 2 heterocycles. The van der Waals surface area contributed by atoms with Crippen molar-refractivity contribution in [1.82, 2.24) is 9.97 Å². The quantitative estimate of drug-likeness (QED) is 0.0950. The van der Waals surface area contributed by atoms with Crippen molar-refractivity contribution in [2.24, 2.45) is 0 Å². The minimum Gasteiger partial charge on any atom is -0.496 e. The predicted molar refractivity (Wildman–Crippen MR) is 251 cm³/mol. The molecule has 8 rings (SSSR count). The third kappa shape index (κ3) is 13.2. The van der Waals surface area contributed by atoms with Gasteiger partial charge in [0, 0.05) is 23.5 Å². The molecule has 58 heavy (non-hydrogen) atoms. The summed E-state index contributed by atoms with van der Waals surface area (Å²) in [5.41, 5.74) is 10.9. The number of methoxy groups -OCH3 is 1. The van der Waals surface area contributed by atoms with Crippen molar-refractivity contribution >= 4 is 41.7 Å². The lowest BCUT2D eigenvalue weighted by Gasteiger charge is -2.39. The van der Waals surface area contributed by atoms with Crippen LogP contribution in [0.5, 0.6) is 5.75 Å². The molecule has 6 aromatic rings. The van der Waals surface area contributed by atoms with Crippen molar-refractivity contribution in [2.75, 3.05) is 7.11 Å². The lowest BCUT2D eigenvalue weighted by molar-refractivity contribution is 0.416. The second-order valence-electron chi connectivity index (χ2n) is 15.1. The van der Waals surface area contributed by atoms with Crippen LogP contribution in [0.2, 0.25) is 0 Å². The summed E-state index contributed by atoms with van der Waals surface area (Å²) < 4.78 is 6.70. The van der Waals surface area contributed by atoms with E-state index in [0.29, 0.717) is 5.46 Å². The standard InChI is InChI=1S/C26H35OP.C12H11N.C7H9BO2.C5H4BrN/c1-20-12-11-18-24(27-2)26(20)23-17-9-10-19-25(23)28(21-13-5-3-6-14-21)22-15-7-4-8-16-22;1-10-6-2-3-7-11(10)12-8-4-5-9-13-12;1-6-4-2-3-5-7(6)8(9)10;6-5-3-1-2-4-7-5/h9-12,17-19,21-22H,3-8,13-16H2,1-2H3;2-9H,1H3;2-5,9-10H,1H3;1-4H. The first-order valence-electron chi connectivity index (χ1n) is 20.7. The Hall–Kier alpha value is -4.13. The zero-order valence-corrected chi connectivity index (χ0v) is 37.1. The van der Waals surface area contributed by atoms with Crippen molar-refractivity contribution in [3.05, 3.63) is 161 Å². The molecule has 2 fully saturated rings. The van der Waals surface area contributed by atoms with Crippen LogP contribution in [-0.4, -0.2) is 45.6 Å². The number of nitrogens with zero attached hydrogens (tertiary/aromatic N) is 2. The van der Waals surface area contributed by atoms with Gasteiger partial charge in [0.2, 0.25) is 0 Å². The number of hydrogen-bond acceptors (Lipinski definition) is 5. The lowest BCUT2D eigenvalue weighted by Crippen LogP contribution is -2.31. The number of rotatable bonds is 7. The number of pyridine rings is 2. The molecule has 0 unspecified atom stereocenters. The van der Waals surface area contributed by atoms with Crippen LogP contribution in [-0.2, 0) is 0 Å². The minimum absolute atomic E-state index is 0.122. The van der Waals surface area contributed by atoms with Crippen molar-refractivity contribution in [1.29, 1.82) is 0 Å². The number of aromatic nitrogens is 2. The molecule has 0 aliphatic heterocycles. The first kappa shape index (κ1) is 45.0. The molecule has 2 aliphatic rings. The molecule has 2 N–H and O–H groups in total. The van der Waals surface area contributed by atoms with Gasteiger partial charge in [-0.25, -0.2) is 4.98 Å². The Kier molecular flexibility index (Phi) is 18.7. The largest absolute Gasteiger partial charge is 0.496 e. The number of ether oxygens (including phenoxy) is 1. The van der Waals surface area contributed by atoms with Crippen LogP contribution in [0.25, 0.3) is 22.4 Å². The van der Waals surface area contributed by atoms with Crippen LogP contribution in [0, 0.1) is 20.8 Å². The molecule has 4 aromatic carbocycles. The molecule has 2 aliphatic carbocycles. The number of halogens is 1. The number of benzene rings is 4. The number of hydrogen-bond donors (Lipinski definition) is 2. The molecule has 0 amide bonds. The smallest absolute Gasteiger partial charge is 0.488 e. The van der Waals surface area contributed by atoms with Crippen LogP contribution < -0.4 is 15.5 Å². The Morgan fingerprint density at radius 2 is 1.10 bits per heavy atom. The fourth-order valence-corrected chi connectivity index (χ4v) is 12.3. The third-order valence-corrected chi connectivity index (χ3v) is 15.0. The zero-order chi connectivity index (χ0) is 41.1. The summed E-state index contributed by atoms with van der Waals surface area (Å²) in [7, 11) is 0.344. The Labute approximate surface area is 357 Å². The van der Waals surface area contributed by atoms with Crippen LogP contribution >= 0.6 is 23.9 Å². The topological polar surface area (TPSA) is 75.5 Å². The molecular weight excluding hydrogens is 798 g/mol. The molecular formula is C50H59BBrN2O3P. The van der Waals surface area contributed by atoms with Crippen LogP contribution in [0.1, 0.15) is 80.9 Å². The van der Waals surface area contributed by atoms with Gasteiger partial charge in [-0.05, 0) is 131 Å². The lowest BCUT2D eigenvalue weighted by atomic mass is 9.77. The average molecular weight is 858 g/mol. The highest BCUT2D eigenvalue weighted by Crippen LogP contribution is 2.56. The molecule has 2 aromatic heterocycles. The summed E-state index contributed by atoms with van der Waals surface area (Å²) >= 11 is 3.20. The highest BCUT2D eigenvalue weighted by Gasteiger charge is 2.34. The van der Waals surface area contributed by atoms with E-state index in [2.05, 4.69) is 94.3 Å². The van der Waals surface area contributed by atoms with Gasteiger partial charge in [0.15, 0.2) is 0 Å². The van der Waals surface area contributed by atoms with Crippen molar-refractivity contribution in [3.63, 3.8) is 0 Å². The maximum Gasteiger partial charge on any atom is 0.488 e. The monoisotopic (exact) mass is 856 g/mol. The molecule has 0 bridgehead atoms. The highest BCUT2D eigenvalue weighted by atomic mass is 79.9. The van der Waals surface area contributed by atoms with E-state index in [1.807, 2.05) is 80.9 Å². The highest BCUT2D eigenvalue weighted by molar-refractivity contribution is 9.10. The van der Waals surface area contributed by atoms with Gasteiger partial charge < -0.3 is 14.8 Å². The maximum absolute atomic E-state index is 8.76. The molecule has 302 valence electrons. The van der Waals surface area contributed by atoms with E-state index >= 15 is 0 Å². The SMILES string of the molecule is Brc1ccccn1.COc1cccc(C)c1-c1ccccc1P(C1CCCCC1)C1CCCCC1.Cc1ccccc1-c1ccccn1.Cc1ccccc1B(O)O. The van der Waals surface area contributed by atoms with Gasteiger partial charge in [0.05, 0.1) is 12.8 Å². The van der Waals surface area contributed by atoms with E-state index in [0.717, 1.165) is 32.9 Å². The molecule has 0 radical (unpaired) electrons.